The molecule has 0 fully saturated rings. The van der Waals surface area contributed by atoms with Crippen LogP contribution in [0.15, 0.2) is 0 Å². The van der Waals surface area contributed by atoms with Crippen molar-refractivity contribution in [3.05, 3.63) is 0 Å². The van der Waals surface area contributed by atoms with E-state index in [1.807, 2.05) is 13.8 Å². The number of rotatable bonds is 8. The fraction of sp³-hybridized carbons (Fsp3) is 0.923. The average molecular weight is 244 g/mol. The van der Waals surface area contributed by atoms with Crippen molar-refractivity contribution in [3.63, 3.8) is 0 Å². The SMILES string of the molecule is CC(C)CC(CN)CC(=O)NC(C)(C)CCO. The normalized spacial score (nSPS) is 13.8. The van der Waals surface area contributed by atoms with Crippen LogP contribution in [-0.2, 0) is 4.79 Å². The van der Waals surface area contributed by atoms with Crippen molar-refractivity contribution in [3.8, 4) is 0 Å². The quantitative estimate of drug-likeness (QED) is 0.602. The topological polar surface area (TPSA) is 75.4 Å². The van der Waals surface area contributed by atoms with Gasteiger partial charge in [-0.3, -0.25) is 4.79 Å². The zero-order valence-corrected chi connectivity index (χ0v) is 11.6. The van der Waals surface area contributed by atoms with Crippen LogP contribution in [0.25, 0.3) is 0 Å². The Bertz CT molecular complexity index is 227. The van der Waals surface area contributed by atoms with Crippen LogP contribution in [0.4, 0.5) is 0 Å². The first-order chi connectivity index (χ1) is 7.80. The van der Waals surface area contributed by atoms with E-state index in [-0.39, 0.29) is 24.0 Å². The molecule has 1 amide bonds. The lowest BCUT2D eigenvalue weighted by atomic mass is 9.93. The average Bonchev–Trinajstić information content (AvgIpc) is 2.14. The van der Waals surface area contributed by atoms with Crippen LogP contribution in [0, 0.1) is 11.8 Å². The molecule has 0 saturated heterocycles. The molecule has 0 radical (unpaired) electrons. The number of amides is 1. The Balaban J connectivity index is 4.14. The zero-order valence-electron chi connectivity index (χ0n) is 11.6. The van der Waals surface area contributed by atoms with Gasteiger partial charge in [-0.05, 0) is 45.1 Å². The fourth-order valence-corrected chi connectivity index (χ4v) is 1.96. The molecule has 0 saturated carbocycles. The maximum Gasteiger partial charge on any atom is 0.220 e. The molecule has 17 heavy (non-hydrogen) atoms. The Kier molecular flexibility index (Phi) is 7.39. The lowest BCUT2D eigenvalue weighted by molar-refractivity contribution is -0.123. The van der Waals surface area contributed by atoms with Crippen LogP contribution < -0.4 is 11.1 Å². The maximum absolute atomic E-state index is 11.8. The van der Waals surface area contributed by atoms with Gasteiger partial charge in [0.05, 0.1) is 0 Å². The van der Waals surface area contributed by atoms with Crippen molar-refractivity contribution in [1.29, 1.82) is 0 Å². The Hall–Kier alpha value is -0.610. The van der Waals surface area contributed by atoms with E-state index in [0.717, 1.165) is 6.42 Å². The Morgan fingerprint density at radius 3 is 2.41 bits per heavy atom. The van der Waals surface area contributed by atoms with Crippen molar-refractivity contribution in [2.45, 2.75) is 52.5 Å². The second-order valence-electron chi connectivity index (χ2n) is 5.84. The molecule has 0 bridgehead atoms. The van der Waals surface area contributed by atoms with Gasteiger partial charge in [0, 0.05) is 18.6 Å². The summed E-state index contributed by atoms with van der Waals surface area (Å²) in [7, 11) is 0. The third-order valence-corrected chi connectivity index (χ3v) is 2.83. The minimum absolute atomic E-state index is 0.0274. The van der Waals surface area contributed by atoms with Crippen molar-refractivity contribution >= 4 is 5.91 Å². The third kappa shape index (κ3) is 8.16. The summed E-state index contributed by atoms with van der Waals surface area (Å²) in [5, 5.41) is 11.8. The third-order valence-electron chi connectivity index (χ3n) is 2.83. The molecule has 1 atom stereocenters. The molecule has 0 aliphatic heterocycles. The van der Waals surface area contributed by atoms with E-state index in [2.05, 4.69) is 19.2 Å². The lowest BCUT2D eigenvalue weighted by Crippen LogP contribution is -2.45. The summed E-state index contributed by atoms with van der Waals surface area (Å²) in [5.41, 5.74) is 5.33. The van der Waals surface area contributed by atoms with Gasteiger partial charge in [-0.2, -0.15) is 0 Å². The highest BCUT2D eigenvalue weighted by Gasteiger charge is 2.21. The van der Waals surface area contributed by atoms with Crippen LogP contribution in [-0.4, -0.2) is 29.7 Å². The molecule has 0 aromatic carbocycles. The van der Waals surface area contributed by atoms with Crippen LogP contribution in [0.3, 0.4) is 0 Å². The van der Waals surface area contributed by atoms with Gasteiger partial charge >= 0.3 is 0 Å². The molecule has 0 aromatic rings. The van der Waals surface area contributed by atoms with Crippen molar-refractivity contribution < 1.29 is 9.90 Å². The summed E-state index contributed by atoms with van der Waals surface area (Å²) in [4.78, 5) is 11.8. The van der Waals surface area contributed by atoms with E-state index in [1.54, 1.807) is 0 Å². The van der Waals surface area contributed by atoms with Crippen molar-refractivity contribution in [2.75, 3.05) is 13.2 Å². The van der Waals surface area contributed by atoms with Gasteiger partial charge in [-0.15, -0.1) is 0 Å². The maximum atomic E-state index is 11.8. The second-order valence-corrected chi connectivity index (χ2v) is 5.84. The highest BCUT2D eigenvalue weighted by atomic mass is 16.3. The molecule has 0 heterocycles. The number of hydrogen-bond donors (Lipinski definition) is 3. The van der Waals surface area contributed by atoms with Crippen LogP contribution in [0.2, 0.25) is 0 Å². The summed E-state index contributed by atoms with van der Waals surface area (Å²) in [6, 6.07) is 0. The summed E-state index contributed by atoms with van der Waals surface area (Å²) in [5.74, 6) is 0.835. The van der Waals surface area contributed by atoms with Crippen LogP contribution in [0.5, 0.6) is 0 Å². The Labute approximate surface area is 105 Å². The van der Waals surface area contributed by atoms with Gasteiger partial charge in [-0.1, -0.05) is 13.8 Å². The number of nitrogens with two attached hydrogens (primary N) is 1. The van der Waals surface area contributed by atoms with Crippen molar-refractivity contribution in [1.82, 2.24) is 5.32 Å². The first kappa shape index (κ1) is 16.4. The smallest absolute Gasteiger partial charge is 0.220 e. The van der Waals surface area contributed by atoms with E-state index in [0.29, 0.717) is 25.3 Å². The molecule has 0 rings (SSSR count). The molecule has 0 aliphatic carbocycles. The minimum Gasteiger partial charge on any atom is -0.396 e. The standard InChI is InChI=1S/C13H28N2O2/c1-10(2)7-11(9-14)8-12(17)15-13(3,4)5-6-16/h10-11,16H,5-9,14H2,1-4H3,(H,15,17). The van der Waals surface area contributed by atoms with E-state index < -0.39 is 0 Å². The Morgan fingerprint density at radius 2 is 2.00 bits per heavy atom. The number of aliphatic hydroxyl groups is 1. The molecule has 4 heteroatoms. The molecular formula is C13H28N2O2. The predicted molar refractivity (Wildman–Crippen MR) is 70.5 cm³/mol. The molecule has 0 aliphatic rings. The number of nitrogens with one attached hydrogen (secondary N) is 1. The largest absolute Gasteiger partial charge is 0.396 e. The zero-order chi connectivity index (χ0) is 13.5. The van der Waals surface area contributed by atoms with Gasteiger partial charge in [0.25, 0.3) is 0 Å². The highest BCUT2D eigenvalue weighted by molar-refractivity contribution is 5.77. The number of carbonyl (C=O) groups excluding carboxylic acids is 1. The van der Waals surface area contributed by atoms with Crippen molar-refractivity contribution in [2.24, 2.45) is 17.6 Å². The number of hydrogen-bond acceptors (Lipinski definition) is 3. The number of carbonyl (C=O) groups is 1. The molecule has 0 spiro atoms. The fourth-order valence-electron chi connectivity index (χ4n) is 1.96. The van der Waals surface area contributed by atoms with Gasteiger partial charge in [0.15, 0.2) is 0 Å². The monoisotopic (exact) mass is 244 g/mol. The summed E-state index contributed by atoms with van der Waals surface area (Å²) in [6.07, 6.45) is 2.02. The van der Waals surface area contributed by atoms with Crippen LogP contribution >= 0.6 is 0 Å². The van der Waals surface area contributed by atoms with Gasteiger partial charge in [0.1, 0.15) is 0 Å². The summed E-state index contributed by atoms with van der Waals surface area (Å²) >= 11 is 0. The Morgan fingerprint density at radius 1 is 1.41 bits per heavy atom. The molecule has 4 N–H and O–H groups in total. The van der Waals surface area contributed by atoms with E-state index in [1.165, 1.54) is 0 Å². The molecule has 1 unspecified atom stereocenters. The minimum atomic E-state index is -0.344. The second kappa shape index (κ2) is 7.67. The molecule has 0 aromatic heterocycles. The van der Waals surface area contributed by atoms with E-state index in [9.17, 15) is 4.79 Å². The van der Waals surface area contributed by atoms with Gasteiger partial charge in [-0.25, -0.2) is 0 Å². The van der Waals surface area contributed by atoms with Gasteiger partial charge < -0.3 is 16.2 Å². The van der Waals surface area contributed by atoms with Crippen LogP contribution in [0.1, 0.15) is 47.0 Å². The predicted octanol–water partition coefficient (Wildman–Crippen LogP) is 1.27. The molecular weight excluding hydrogens is 216 g/mol. The highest BCUT2D eigenvalue weighted by Crippen LogP contribution is 2.15. The lowest BCUT2D eigenvalue weighted by Gasteiger charge is -2.26. The first-order valence-electron chi connectivity index (χ1n) is 6.42. The van der Waals surface area contributed by atoms with Gasteiger partial charge in [0.2, 0.25) is 5.91 Å². The summed E-state index contributed by atoms with van der Waals surface area (Å²) < 4.78 is 0. The first-order valence-corrected chi connectivity index (χ1v) is 6.42. The number of aliphatic hydroxyl groups excluding tert-OH is 1. The molecule has 4 nitrogen and oxygen atoms in total. The van der Waals surface area contributed by atoms with E-state index >= 15 is 0 Å². The summed E-state index contributed by atoms with van der Waals surface area (Å²) in [6.45, 7) is 8.74. The van der Waals surface area contributed by atoms with E-state index in [4.69, 9.17) is 10.8 Å². The molecule has 102 valence electrons.